The summed E-state index contributed by atoms with van der Waals surface area (Å²) in [4.78, 5) is 4.52. The molecule has 0 aliphatic carbocycles. The van der Waals surface area contributed by atoms with Crippen LogP contribution < -0.4 is 4.72 Å². The maximum absolute atomic E-state index is 12.1. The molecule has 0 bridgehead atoms. The van der Waals surface area contributed by atoms with Gasteiger partial charge in [0.1, 0.15) is 5.01 Å². The highest BCUT2D eigenvalue weighted by molar-refractivity contribution is 7.89. The van der Waals surface area contributed by atoms with Crippen LogP contribution in [0.2, 0.25) is 0 Å². The standard InChI is InChI=1S/C13H16N2O2S2/c1-3-11-4-6-12(7-5-11)19(16,17)14-8-13-15-10(2)9-18-13/h4-7,9,14H,3,8H2,1-2H3. The summed E-state index contributed by atoms with van der Waals surface area (Å²) in [5.41, 5.74) is 2.03. The predicted molar refractivity (Wildman–Crippen MR) is 76.7 cm³/mol. The van der Waals surface area contributed by atoms with Crippen LogP contribution in [0.3, 0.4) is 0 Å². The number of rotatable bonds is 5. The van der Waals surface area contributed by atoms with Crippen LogP contribution in [-0.4, -0.2) is 13.4 Å². The first-order valence-corrected chi connectivity index (χ1v) is 8.37. The molecule has 0 unspecified atom stereocenters. The van der Waals surface area contributed by atoms with E-state index >= 15 is 0 Å². The number of aromatic nitrogens is 1. The molecule has 4 nitrogen and oxygen atoms in total. The molecule has 0 aliphatic rings. The number of benzene rings is 1. The van der Waals surface area contributed by atoms with Crippen LogP contribution in [0.1, 0.15) is 23.2 Å². The monoisotopic (exact) mass is 296 g/mol. The summed E-state index contributed by atoms with van der Waals surface area (Å²) < 4.78 is 26.7. The van der Waals surface area contributed by atoms with Gasteiger partial charge in [0.25, 0.3) is 0 Å². The van der Waals surface area contributed by atoms with Gasteiger partial charge in [-0.15, -0.1) is 11.3 Å². The SMILES string of the molecule is CCc1ccc(S(=O)(=O)NCc2nc(C)cs2)cc1. The maximum atomic E-state index is 12.1. The summed E-state index contributed by atoms with van der Waals surface area (Å²) in [5, 5.41) is 2.67. The Bertz CT molecular complexity index is 646. The fraction of sp³-hybridized carbons (Fsp3) is 0.308. The molecule has 2 rings (SSSR count). The summed E-state index contributed by atoms with van der Waals surface area (Å²) in [7, 11) is -3.46. The van der Waals surface area contributed by atoms with E-state index in [1.165, 1.54) is 11.3 Å². The summed E-state index contributed by atoms with van der Waals surface area (Å²) in [6.45, 7) is 4.15. The van der Waals surface area contributed by atoms with E-state index in [0.717, 1.165) is 22.7 Å². The Kier molecular flexibility index (Phi) is 4.34. The van der Waals surface area contributed by atoms with Crippen LogP contribution in [-0.2, 0) is 23.0 Å². The molecule has 0 radical (unpaired) electrons. The lowest BCUT2D eigenvalue weighted by atomic mass is 10.2. The quantitative estimate of drug-likeness (QED) is 0.922. The van der Waals surface area contributed by atoms with Crippen LogP contribution in [0.4, 0.5) is 0 Å². The molecular weight excluding hydrogens is 280 g/mol. The third kappa shape index (κ3) is 3.62. The molecule has 0 atom stereocenters. The van der Waals surface area contributed by atoms with Crippen molar-refractivity contribution in [1.82, 2.24) is 9.71 Å². The van der Waals surface area contributed by atoms with Crippen molar-refractivity contribution >= 4 is 21.4 Å². The van der Waals surface area contributed by atoms with Gasteiger partial charge in [-0.2, -0.15) is 0 Å². The topological polar surface area (TPSA) is 59.1 Å². The number of hydrogen-bond acceptors (Lipinski definition) is 4. The first kappa shape index (κ1) is 14.2. The van der Waals surface area contributed by atoms with E-state index < -0.39 is 10.0 Å². The molecule has 1 heterocycles. The van der Waals surface area contributed by atoms with Crippen molar-refractivity contribution in [3.8, 4) is 0 Å². The second kappa shape index (κ2) is 5.81. The van der Waals surface area contributed by atoms with Crippen molar-refractivity contribution in [2.24, 2.45) is 0 Å². The number of thiazole rings is 1. The van der Waals surface area contributed by atoms with E-state index in [1.54, 1.807) is 12.1 Å². The molecule has 1 aromatic carbocycles. The largest absolute Gasteiger partial charge is 0.245 e. The first-order chi connectivity index (χ1) is 9.01. The Balaban J connectivity index is 2.09. The highest BCUT2D eigenvalue weighted by atomic mass is 32.2. The Labute approximate surface area is 117 Å². The first-order valence-electron chi connectivity index (χ1n) is 6.01. The molecule has 19 heavy (non-hydrogen) atoms. The molecule has 102 valence electrons. The third-order valence-electron chi connectivity index (χ3n) is 2.72. The lowest BCUT2D eigenvalue weighted by molar-refractivity contribution is 0.581. The zero-order valence-corrected chi connectivity index (χ0v) is 12.5. The minimum atomic E-state index is -3.46. The highest BCUT2D eigenvalue weighted by Gasteiger charge is 2.14. The normalized spacial score (nSPS) is 11.7. The van der Waals surface area contributed by atoms with Gasteiger partial charge < -0.3 is 0 Å². The molecule has 6 heteroatoms. The van der Waals surface area contributed by atoms with Crippen molar-refractivity contribution in [2.45, 2.75) is 31.7 Å². The fourth-order valence-corrected chi connectivity index (χ4v) is 3.42. The Morgan fingerprint density at radius 2 is 1.95 bits per heavy atom. The lowest BCUT2D eigenvalue weighted by Crippen LogP contribution is -2.23. The number of nitrogens with one attached hydrogen (secondary N) is 1. The van der Waals surface area contributed by atoms with Gasteiger partial charge in [-0.3, -0.25) is 0 Å². The zero-order chi connectivity index (χ0) is 13.9. The van der Waals surface area contributed by atoms with Gasteiger partial charge >= 0.3 is 0 Å². The maximum Gasteiger partial charge on any atom is 0.240 e. The molecule has 0 spiro atoms. The summed E-state index contributed by atoms with van der Waals surface area (Å²) in [6.07, 6.45) is 0.895. The van der Waals surface area contributed by atoms with Gasteiger partial charge in [-0.1, -0.05) is 19.1 Å². The van der Waals surface area contributed by atoms with Gasteiger partial charge in [-0.25, -0.2) is 18.1 Å². The lowest BCUT2D eigenvalue weighted by Gasteiger charge is -2.06. The zero-order valence-electron chi connectivity index (χ0n) is 10.9. The number of aryl methyl sites for hydroxylation is 2. The third-order valence-corrected chi connectivity index (χ3v) is 5.11. The molecule has 1 N–H and O–H groups in total. The van der Waals surface area contributed by atoms with Crippen molar-refractivity contribution in [3.05, 3.63) is 45.9 Å². The molecule has 0 saturated heterocycles. The summed E-state index contributed by atoms with van der Waals surface area (Å²) >= 11 is 1.45. The van der Waals surface area contributed by atoms with E-state index in [1.807, 2.05) is 31.4 Å². The Morgan fingerprint density at radius 1 is 1.26 bits per heavy atom. The van der Waals surface area contributed by atoms with Gasteiger partial charge in [0.15, 0.2) is 0 Å². The molecule has 0 fully saturated rings. The molecule has 1 aromatic heterocycles. The molecular formula is C13H16N2O2S2. The van der Waals surface area contributed by atoms with E-state index in [2.05, 4.69) is 9.71 Å². The average Bonchev–Trinajstić information content (AvgIpc) is 2.82. The predicted octanol–water partition coefficient (Wildman–Crippen LogP) is 2.49. The van der Waals surface area contributed by atoms with Gasteiger partial charge in [0.05, 0.1) is 11.4 Å². The molecule has 0 saturated carbocycles. The van der Waals surface area contributed by atoms with Crippen LogP contribution in [0.5, 0.6) is 0 Å². The second-order valence-corrected chi connectivity index (χ2v) is 6.91. The highest BCUT2D eigenvalue weighted by Crippen LogP contribution is 2.13. The van der Waals surface area contributed by atoms with Crippen LogP contribution in [0.15, 0.2) is 34.5 Å². The Hall–Kier alpha value is -1.24. The smallest absolute Gasteiger partial charge is 0.240 e. The van der Waals surface area contributed by atoms with Crippen molar-refractivity contribution < 1.29 is 8.42 Å². The van der Waals surface area contributed by atoms with Gasteiger partial charge in [0, 0.05) is 11.1 Å². The second-order valence-electron chi connectivity index (χ2n) is 4.20. The molecule has 0 amide bonds. The molecule has 0 aliphatic heterocycles. The van der Waals surface area contributed by atoms with Crippen molar-refractivity contribution in [2.75, 3.05) is 0 Å². The van der Waals surface area contributed by atoms with E-state index in [0.29, 0.717) is 0 Å². The minimum Gasteiger partial charge on any atom is -0.245 e. The number of nitrogens with zero attached hydrogens (tertiary/aromatic N) is 1. The van der Waals surface area contributed by atoms with Crippen molar-refractivity contribution in [3.63, 3.8) is 0 Å². The Morgan fingerprint density at radius 3 is 2.47 bits per heavy atom. The number of hydrogen-bond donors (Lipinski definition) is 1. The van der Waals surface area contributed by atoms with Crippen LogP contribution >= 0.6 is 11.3 Å². The van der Waals surface area contributed by atoms with Crippen molar-refractivity contribution in [1.29, 1.82) is 0 Å². The van der Waals surface area contributed by atoms with E-state index in [9.17, 15) is 8.42 Å². The van der Waals surface area contributed by atoms with Crippen LogP contribution in [0, 0.1) is 6.92 Å². The van der Waals surface area contributed by atoms with E-state index in [-0.39, 0.29) is 11.4 Å². The van der Waals surface area contributed by atoms with Gasteiger partial charge in [-0.05, 0) is 31.0 Å². The summed E-state index contributed by atoms with van der Waals surface area (Å²) in [6, 6.07) is 6.94. The average molecular weight is 296 g/mol. The van der Waals surface area contributed by atoms with Crippen LogP contribution in [0.25, 0.3) is 0 Å². The fourth-order valence-electron chi connectivity index (χ4n) is 1.63. The number of sulfonamides is 1. The van der Waals surface area contributed by atoms with Gasteiger partial charge in [0.2, 0.25) is 10.0 Å². The van der Waals surface area contributed by atoms with E-state index in [4.69, 9.17) is 0 Å². The summed E-state index contributed by atoms with van der Waals surface area (Å²) in [5.74, 6) is 0. The minimum absolute atomic E-state index is 0.233. The molecule has 2 aromatic rings.